The summed E-state index contributed by atoms with van der Waals surface area (Å²) in [6.07, 6.45) is 0. The van der Waals surface area contributed by atoms with E-state index in [1.807, 2.05) is 0 Å². The molecule has 0 saturated carbocycles. The largest absolute Gasteiger partial charge is 0.322 e. The average Bonchev–Trinajstić information content (AvgIpc) is 2.34. The summed E-state index contributed by atoms with van der Waals surface area (Å²) in [5, 5.41) is -0.171. The Morgan fingerprint density at radius 2 is 2.50 bits per heavy atom. The van der Waals surface area contributed by atoms with Crippen LogP contribution >= 0.6 is 11.8 Å². The van der Waals surface area contributed by atoms with Crippen molar-refractivity contribution in [1.82, 2.24) is 4.90 Å². The number of nitrogens with two attached hydrogens (primary N) is 1. The number of thioether (sulfide) groups is 1. The molecule has 5 heteroatoms. The number of rotatable bonds is 1. The van der Waals surface area contributed by atoms with Gasteiger partial charge in [-0.2, -0.15) is 0 Å². The molecule has 0 aromatic rings. The molecule has 0 atom stereocenters. The lowest BCUT2D eigenvalue weighted by Gasteiger charge is -2.09. The van der Waals surface area contributed by atoms with Crippen LogP contribution in [-0.4, -0.2) is 34.9 Å². The van der Waals surface area contributed by atoms with Gasteiger partial charge in [0.2, 0.25) is 5.91 Å². The fourth-order valence-electron chi connectivity index (χ4n) is 0.730. The number of amides is 2. The van der Waals surface area contributed by atoms with Crippen LogP contribution in [0.5, 0.6) is 0 Å². The predicted octanol–water partition coefficient (Wildman–Crippen LogP) is -0.359. The molecule has 10 heavy (non-hydrogen) atoms. The van der Waals surface area contributed by atoms with Crippen LogP contribution in [0.1, 0.15) is 0 Å². The van der Waals surface area contributed by atoms with Crippen molar-refractivity contribution in [3.05, 3.63) is 0 Å². The lowest BCUT2D eigenvalue weighted by molar-refractivity contribution is -0.126. The molecular formula is C5H8N2O2S. The molecule has 4 nitrogen and oxygen atoms in total. The van der Waals surface area contributed by atoms with Gasteiger partial charge < -0.3 is 5.73 Å². The van der Waals surface area contributed by atoms with E-state index >= 15 is 0 Å². The summed E-state index contributed by atoms with van der Waals surface area (Å²) in [5.74, 6) is 0.417. The van der Waals surface area contributed by atoms with Crippen molar-refractivity contribution in [2.24, 2.45) is 5.73 Å². The number of nitrogens with zero attached hydrogens (tertiary/aromatic N) is 1. The van der Waals surface area contributed by atoms with E-state index in [9.17, 15) is 9.59 Å². The highest BCUT2D eigenvalue weighted by Crippen LogP contribution is 2.16. The average molecular weight is 160 g/mol. The SMILES string of the molecule is NCC(=O)N1CCSC1=O. The lowest BCUT2D eigenvalue weighted by Crippen LogP contribution is -2.35. The second-order valence-corrected chi connectivity index (χ2v) is 2.91. The van der Waals surface area contributed by atoms with E-state index in [0.29, 0.717) is 12.3 Å². The third-order valence-corrected chi connectivity index (χ3v) is 2.09. The summed E-state index contributed by atoms with van der Waals surface area (Å²) >= 11 is 1.16. The van der Waals surface area contributed by atoms with Crippen LogP contribution in [0.2, 0.25) is 0 Å². The van der Waals surface area contributed by atoms with E-state index in [4.69, 9.17) is 5.73 Å². The van der Waals surface area contributed by atoms with Gasteiger partial charge in [0.05, 0.1) is 6.54 Å². The molecule has 1 aliphatic heterocycles. The van der Waals surface area contributed by atoms with Gasteiger partial charge in [-0.25, -0.2) is 0 Å². The monoisotopic (exact) mass is 160 g/mol. The Kier molecular flexibility index (Phi) is 2.29. The van der Waals surface area contributed by atoms with Crippen molar-refractivity contribution in [3.8, 4) is 0 Å². The molecule has 0 aromatic carbocycles. The zero-order valence-corrected chi connectivity index (χ0v) is 6.19. The van der Waals surface area contributed by atoms with Gasteiger partial charge in [-0.05, 0) is 0 Å². The van der Waals surface area contributed by atoms with Gasteiger partial charge in [-0.3, -0.25) is 14.5 Å². The molecule has 1 rings (SSSR count). The van der Waals surface area contributed by atoms with Gasteiger partial charge >= 0.3 is 0 Å². The van der Waals surface area contributed by atoms with Gasteiger partial charge in [-0.1, -0.05) is 11.8 Å². The molecule has 0 radical (unpaired) electrons. The predicted molar refractivity (Wildman–Crippen MR) is 38.6 cm³/mol. The van der Waals surface area contributed by atoms with Crippen molar-refractivity contribution in [3.63, 3.8) is 0 Å². The standard InChI is InChI=1S/C5H8N2O2S/c6-3-4(8)7-1-2-10-5(7)9/h1-3,6H2. The highest BCUT2D eigenvalue weighted by molar-refractivity contribution is 8.13. The molecule has 56 valence electrons. The fourth-order valence-corrected chi connectivity index (χ4v) is 1.53. The minimum atomic E-state index is -0.282. The van der Waals surface area contributed by atoms with Gasteiger partial charge in [0, 0.05) is 12.3 Å². The van der Waals surface area contributed by atoms with Crippen LogP contribution in [-0.2, 0) is 4.79 Å². The smallest absolute Gasteiger partial charge is 0.288 e. The van der Waals surface area contributed by atoms with E-state index in [-0.39, 0.29) is 17.7 Å². The maximum Gasteiger partial charge on any atom is 0.288 e. The van der Waals surface area contributed by atoms with Gasteiger partial charge in [0.15, 0.2) is 0 Å². The summed E-state index contributed by atoms with van der Waals surface area (Å²) in [6.45, 7) is 0.436. The fraction of sp³-hybridized carbons (Fsp3) is 0.600. The van der Waals surface area contributed by atoms with Crippen LogP contribution < -0.4 is 5.73 Å². The maximum atomic E-state index is 10.8. The minimum Gasteiger partial charge on any atom is -0.322 e. The molecule has 1 heterocycles. The number of carbonyl (C=O) groups excluding carboxylic acids is 2. The lowest BCUT2D eigenvalue weighted by atomic mass is 10.5. The van der Waals surface area contributed by atoms with Crippen LogP contribution in [0.4, 0.5) is 4.79 Å². The number of carbonyl (C=O) groups is 2. The molecule has 1 aliphatic rings. The highest BCUT2D eigenvalue weighted by atomic mass is 32.2. The minimum absolute atomic E-state index is 0.0771. The quantitative estimate of drug-likeness (QED) is 0.569. The van der Waals surface area contributed by atoms with Crippen molar-refractivity contribution in [1.29, 1.82) is 0 Å². The van der Waals surface area contributed by atoms with Crippen LogP contribution in [0.15, 0.2) is 0 Å². The summed E-state index contributed by atoms with van der Waals surface area (Å²) < 4.78 is 0. The van der Waals surface area contributed by atoms with E-state index in [1.54, 1.807) is 0 Å². The Morgan fingerprint density at radius 1 is 1.80 bits per heavy atom. The maximum absolute atomic E-state index is 10.8. The van der Waals surface area contributed by atoms with E-state index in [2.05, 4.69) is 0 Å². The number of imide groups is 1. The number of hydrogen-bond donors (Lipinski definition) is 1. The first-order valence-corrected chi connectivity index (χ1v) is 3.91. The first-order valence-electron chi connectivity index (χ1n) is 2.93. The molecule has 2 N–H and O–H groups in total. The van der Waals surface area contributed by atoms with E-state index in [0.717, 1.165) is 11.8 Å². The Bertz CT molecular complexity index is 171. The van der Waals surface area contributed by atoms with Gasteiger partial charge in [-0.15, -0.1) is 0 Å². The van der Waals surface area contributed by atoms with Gasteiger partial charge in [0.25, 0.3) is 5.24 Å². The van der Waals surface area contributed by atoms with Crippen molar-refractivity contribution < 1.29 is 9.59 Å². The van der Waals surface area contributed by atoms with Crippen molar-refractivity contribution >= 4 is 22.9 Å². The highest BCUT2D eigenvalue weighted by Gasteiger charge is 2.25. The first-order chi connectivity index (χ1) is 4.75. The normalized spacial score (nSPS) is 18.1. The van der Waals surface area contributed by atoms with Crippen LogP contribution in [0, 0.1) is 0 Å². The molecule has 1 saturated heterocycles. The molecule has 0 aliphatic carbocycles. The van der Waals surface area contributed by atoms with E-state index in [1.165, 1.54) is 4.90 Å². The van der Waals surface area contributed by atoms with Gasteiger partial charge in [0.1, 0.15) is 0 Å². The zero-order chi connectivity index (χ0) is 7.56. The molecule has 0 spiro atoms. The van der Waals surface area contributed by atoms with E-state index < -0.39 is 0 Å². The second-order valence-electron chi connectivity index (χ2n) is 1.86. The molecule has 0 aromatic heterocycles. The number of hydrogen-bond acceptors (Lipinski definition) is 4. The molecule has 0 unspecified atom stereocenters. The molecule has 0 bridgehead atoms. The zero-order valence-electron chi connectivity index (χ0n) is 5.37. The summed E-state index contributed by atoms with van der Waals surface area (Å²) in [7, 11) is 0. The topological polar surface area (TPSA) is 63.4 Å². The molecular weight excluding hydrogens is 152 g/mol. The molecule has 1 fully saturated rings. The second kappa shape index (κ2) is 3.03. The van der Waals surface area contributed by atoms with Crippen LogP contribution in [0.3, 0.4) is 0 Å². The third-order valence-electron chi connectivity index (χ3n) is 1.24. The summed E-state index contributed by atoms with van der Waals surface area (Å²) in [5.41, 5.74) is 5.06. The molecule has 2 amide bonds. The third kappa shape index (κ3) is 1.30. The summed E-state index contributed by atoms with van der Waals surface area (Å²) in [6, 6.07) is 0. The van der Waals surface area contributed by atoms with Crippen LogP contribution in [0.25, 0.3) is 0 Å². The Balaban J connectivity index is 2.55. The Morgan fingerprint density at radius 3 is 2.90 bits per heavy atom. The Hall–Kier alpha value is -0.550. The van der Waals surface area contributed by atoms with Crippen molar-refractivity contribution in [2.75, 3.05) is 18.8 Å². The summed E-state index contributed by atoms with van der Waals surface area (Å²) in [4.78, 5) is 22.8. The Labute approximate surface area is 62.7 Å². The first kappa shape index (κ1) is 7.56. The van der Waals surface area contributed by atoms with Crippen molar-refractivity contribution in [2.45, 2.75) is 0 Å².